The van der Waals surface area contributed by atoms with Crippen molar-refractivity contribution in [2.45, 2.75) is 11.8 Å². The smallest absolute Gasteiger partial charge is 0.267 e. The summed E-state index contributed by atoms with van der Waals surface area (Å²) in [6.45, 7) is 1.78. The second kappa shape index (κ2) is 5.04. The van der Waals surface area contributed by atoms with Crippen molar-refractivity contribution in [1.82, 2.24) is 9.78 Å². The fourth-order valence-corrected chi connectivity index (χ4v) is 3.00. The van der Waals surface area contributed by atoms with Gasteiger partial charge in [0.05, 0.1) is 12.8 Å². The number of hydrogen-bond donors (Lipinski definition) is 2. The molecular formula is C12H16N4O3S. The third kappa shape index (κ3) is 2.69. The Morgan fingerprint density at radius 2 is 2.10 bits per heavy atom. The lowest BCUT2D eigenvalue weighted by atomic mass is 10.2. The minimum absolute atomic E-state index is 0.0360. The standard InChI is InChI=1S/C12H16N4O3S/c1-8-6-9(19-3)4-5-10(8)15-20(17,18)11-7-16(2)14-12(11)13/h4-7,15H,1-3H3,(H2,13,14). The number of hydrogen-bond acceptors (Lipinski definition) is 5. The van der Waals surface area contributed by atoms with Gasteiger partial charge in [-0.1, -0.05) is 0 Å². The van der Waals surface area contributed by atoms with Crippen LogP contribution in [0.4, 0.5) is 11.5 Å². The number of sulfonamides is 1. The zero-order valence-corrected chi connectivity index (χ0v) is 12.2. The van der Waals surface area contributed by atoms with E-state index in [0.717, 1.165) is 5.56 Å². The monoisotopic (exact) mass is 296 g/mol. The van der Waals surface area contributed by atoms with Crippen molar-refractivity contribution < 1.29 is 13.2 Å². The Labute approximate surface area is 117 Å². The van der Waals surface area contributed by atoms with Crippen molar-refractivity contribution >= 4 is 21.5 Å². The van der Waals surface area contributed by atoms with Crippen LogP contribution in [-0.4, -0.2) is 25.3 Å². The number of anilines is 2. The highest BCUT2D eigenvalue weighted by Gasteiger charge is 2.21. The van der Waals surface area contributed by atoms with Gasteiger partial charge < -0.3 is 10.5 Å². The van der Waals surface area contributed by atoms with Crippen molar-refractivity contribution in [3.63, 3.8) is 0 Å². The maximum Gasteiger partial charge on any atom is 0.267 e. The summed E-state index contributed by atoms with van der Waals surface area (Å²) in [7, 11) is -0.609. The highest BCUT2D eigenvalue weighted by molar-refractivity contribution is 7.92. The molecule has 20 heavy (non-hydrogen) atoms. The molecule has 3 N–H and O–H groups in total. The molecule has 0 unspecified atom stereocenters. The second-order valence-corrected chi connectivity index (χ2v) is 5.99. The lowest BCUT2D eigenvalue weighted by Crippen LogP contribution is -2.14. The molecule has 0 bridgehead atoms. The Hall–Kier alpha value is -2.22. The van der Waals surface area contributed by atoms with Gasteiger partial charge >= 0.3 is 0 Å². The first-order valence-electron chi connectivity index (χ1n) is 5.80. The predicted molar refractivity (Wildman–Crippen MR) is 76.2 cm³/mol. The van der Waals surface area contributed by atoms with Crippen LogP contribution in [0.1, 0.15) is 5.56 Å². The molecule has 0 atom stereocenters. The lowest BCUT2D eigenvalue weighted by molar-refractivity contribution is 0.414. The Morgan fingerprint density at radius 3 is 2.60 bits per heavy atom. The Balaban J connectivity index is 2.36. The third-order valence-corrected chi connectivity index (χ3v) is 4.17. The molecule has 1 aromatic heterocycles. The molecule has 2 rings (SSSR count). The molecule has 2 aromatic rings. The van der Waals surface area contributed by atoms with Gasteiger partial charge in [-0.05, 0) is 30.7 Å². The second-order valence-electron chi connectivity index (χ2n) is 4.34. The van der Waals surface area contributed by atoms with Crippen LogP contribution >= 0.6 is 0 Å². The first-order valence-corrected chi connectivity index (χ1v) is 7.28. The van der Waals surface area contributed by atoms with Gasteiger partial charge in [0.1, 0.15) is 10.6 Å². The van der Waals surface area contributed by atoms with Crippen LogP contribution in [0.2, 0.25) is 0 Å². The maximum atomic E-state index is 12.3. The number of nitrogens with one attached hydrogen (secondary N) is 1. The van der Waals surface area contributed by atoms with Crippen LogP contribution in [0.15, 0.2) is 29.3 Å². The minimum atomic E-state index is -3.76. The van der Waals surface area contributed by atoms with Gasteiger partial charge in [-0.15, -0.1) is 0 Å². The number of benzene rings is 1. The van der Waals surface area contributed by atoms with Gasteiger partial charge in [-0.2, -0.15) is 5.10 Å². The van der Waals surface area contributed by atoms with Crippen molar-refractivity contribution in [2.75, 3.05) is 17.6 Å². The van der Waals surface area contributed by atoms with E-state index in [-0.39, 0.29) is 10.7 Å². The van der Waals surface area contributed by atoms with Crippen LogP contribution in [0.5, 0.6) is 5.75 Å². The molecule has 108 valence electrons. The molecule has 0 saturated carbocycles. The van der Waals surface area contributed by atoms with E-state index in [1.807, 2.05) is 0 Å². The number of nitrogens with two attached hydrogens (primary N) is 1. The zero-order chi connectivity index (χ0) is 14.9. The molecule has 0 aliphatic heterocycles. The minimum Gasteiger partial charge on any atom is -0.497 e. The Kier molecular flexibility index (Phi) is 3.58. The average molecular weight is 296 g/mol. The molecule has 0 aliphatic carbocycles. The van der Waals surface area contributed by atoms with E-state index in [4.69, 9.17) is 10.5 Å². The van der Waals surface area contributed by atoms with E-state index in [2.05, 4.69) is 9.82 Å². The van der Waals surface area contributed by atoms with Gasteiger partial charge in [-0.3, -0.25) is 9.40 Å². The highest BCUT2D eigenvalue weighted by atomic mass is 32.2. The molecule has 0 saturated heterocycles. The van der Waals surface area contributed by atoms with Crippen molar-refractivity contribution in [3.05, 3.63) is 30.0 Å². The average Bonchev–Trinajstić information content (AvgIpc) is 2.71. The summed E-state index contributed by atoms with van der Waals surface area (Å²) in [5.74, 6) is 0.623. The van der Waals surface area contributed by atoms with Crippen molar-refractivity contribution in [1.29, 1.82) is 0 Å². The molecule has 8 heteroatoms. The summed E-state index contributed by atoms with van der Waals surface area (Å²) in [5.41, 5.74) is 6.81. The van der Waals surface area contributed by atoms with E-state index in [1.54, 1.807) is 39.3 Å². The quantitative estimate of drug-likeness (QED) is 0.880. The normalized spacial score (nSPS) is 11.3. The Bertz CT molecular complexity index is 737. The number of ether oxygens (including phenoxy) is 1. The summed E-state index contributed by atoms with van der Waals surface area (Å²) < 4.78 is 33.5. The fraction of sp³-hybridized carbons (Fsp3) is 0.250. The van der Waals surface area contributed by atoms with Crippen LogP contribution in [-0.2, 0) is 17.1 Å². The summed E-state index contributed by atoms with van der Waals surface area (Å²) >= 11 is 0. The van der Waals surface area contributed by atoms with E-state index in [1.165, 1.54) is 10.9 Å². The first kappa shape index (κ1) is 14.2. The number of rotatable bonds is 4. The third-order valence-electron chi connectivity index (χ3n) is 2.79. The molecule has 0 amide bonds. The van der Waals surface area contributed by atoms with Crippen LogP contribution in [0.3, 0.4) is 0 Å². The summed E-state index contributed by atoms with van der Waals surface area (Å²) in [6.07, 6.45) is 1.36. The van der Waals surface area contributed by atoms with Crippen LogP contribution in [0, 0.1) is 6.92 Å². The number of nitrogens with zero attached hydrogens (tertiary/aromatic N) is 2. The predicted octanol–water partition coefficient (Wildman–Crippen LogP) is 1.12. The first-order chi connectivity index (χ1) is 9.33. The van der Waals surface area contributed by atoms with Crippen molar-refractivity contribution in [2.24, 2.45) is 7.05 Å². The van der Waals surface area contributed by atoms with E-state index >= 15 is 0 Å². The SMILES string of the molecule is COc1ccc(NS(=O)(=O)c2cn(C)nc2N)c(C)c1. The number of aryl methyl sites for hydroxylation is 2. The molecule has 0 fully saturated rings. The van der Waals surface area contributed by atoms with Gasteiger partial charge in [0.15, 0.2) is 5.82 Å². The van der Waals surface area contributed by atoms with Gasteiger partial charge in [-0.25, -0.2) is 8.42 Å². The van der Waals surface area contributed by atoms with E-state index in [0.29, 0.717) is 11.4 Å². The van der Waals surface area contributed by atoms with Crippen LogP contribution in [0.25, 0.3) is 0 Å². The van der Waals surface area contributed by atoms with E-state index in [9.17, 15) is 8.42 Å². The molecule has 1 heterocycles. The largest absolute Gasteiger partial charge is 0.497 e. The zero-order valence-electron chi connectivity index (χ0n) is 11.4. The molecule has 7 nitrogen and oxygen atoms in total. The van der Waals surface area contributed by atoms with Crippen molar-refractivity contribution in [3.8, 4) is 5.75 Å². The summed E-state index contributed by atoms with van der Waals surface area (Å²) in [4.78, 5) is -0.0461. The highest BCUT2D eigenvalue weighted by Crippen LogP contribution is 2.25. The van der Waals surface area contributed by atoms with Gasteiger partial charge in [0.2, 0.25) is 0 Å². The maximum absolute atomic E-state index is 12.3. The molecule has 0 radical (unpaired) electrons. The van der Waals surface area contributed by atoms with Gasteiger partial charge in [0.25, 0.3) is 10.0 Å². The van der Waals surface area contributed by atoms with Gasteiger partial charge in [0, 0.05) is 13.2 Å². The fourth-order valence-electron chi connectivity index (χ4n) is 1.77. The molecule has 0 aliphatic rings. The number of nitrogen functional groups attached to an aromatic ring is 1. The molecule has 0 spiro atoms. The van der Waals surface area contributed by atoms with Crippen LogP contribution < -0.4 is 15.2 Å². The topological polar surface area (TPSA) is 99.2 Å². The Morgan fingerprint density at radius 1 is 1.40 bits per heavy atom. The number of aromatic nitrogens is 2. The molecular weight excluding hydrogens is 280 g/mol. The summed E-state index contributed by atoms with van der Waals surface area (Å²) in [5, 5.41) is 3.82. The number of methoxy groups -OCH3 is 1. The molecule has 1 aromatic carbocycles. The summed E-state index contributed by atoms with van der Waals surface area (Å²) in [6, 6.07) is 5.06. The van der Waals surface area contributed by atoms with E-state index < -0.39 is 10.0 Å². The lowest BCUT2D eigenvalue weighted by Gasteiger charge is -2.10.